The highest BCUT2D eigenvalue weighted by atomic mass is 35.5. The number of halogens is 4. The highest BCUT2D eigenvalue weighted by Crippen LogP contribution is 2.35. The molecule has 7 heteroatoms. The van der Waals surface area contributed by atoms with Gasteiger partial charge in [-0.1, -0.05) is 41.4 Å². The normalized spacial score (nSPS) is 14.0. The van der Waals surface area contributed by atoms with Crippen LogP contribution in [0.1, 0.15) is 18.6 Å². The predicted octanol–water partition coefficient (Wildman–Crippen LogP) is 4.83. The molecule has 1 atom stereocenters. The molecule has 0 fully saturated rings. The summed E-state index contributed by atoms with van der Waals surface area (Å²) in [6.07, 6.45) is 0.746. The molecule has 21 heavy (non-hydrogen) atoms. The molecule has 3 nitrogen and oxygen atoms in total. The maximum atomic E-state index is 13.5. The number of nitrogens with zero attached hydrogens (tertiary/aromatic N) is 1. The summed E-state index contributed by atoms with van der Waals surface area (Å²) in [7, 11) is 1.51. The number of rotatable bonds is 5. The van der Waals surface area contributed by atoms with Gasteiger partial charge in [0, 0.05) is 23.7 Å². The smallest absolute Gasteiger partial charge is 0.145 e. The summed E-state index contributed by atoms with van der Waals surface area (Å²) in [5.74, 6) is -0.383. The third-order valence-corrected chi connectivity index (χ3v) is 3.56. The van der Waals surface area contributed by atoms with E-state index >= 15 is 0 Å². The van der Waals surface area contributed by atoms with Crippen LogP contribution in [-0.2, 0) is 4.74 Å². The molecule has 0 aliphatic rings. The SMILES string of the molecule is C=C(N)/C(=C\C(Cl)=NC)OC(C)c1c(Cl)ccc(F)c1Cl. The molecule has 0 saturated heterocycles. The second-order valence-electron chi connectivity index (χ2n) is 4.10. The van der Waals surface area contributed by atoms with Gasteiger partial charge in [-0.3, -0.25) is 4.99 Å². The minimum absolute atomic E-state index is 0.104. The first kappa shape index (κ1) is 17.8. The van der Waals surface area contributed by atoms with E-state index in [1.807, 2.05) is 0 Å². The summed E-state index contributed by atoms with van der Waals surface area (Å²) in [6.45, 7) is 5.24. The number of ether oxygens (including phenoxy) is 1. The van der Waals surface area contributed by atoms with Gasteiger partial charge in [0.25, 0.3) is 0 Å². The summed E-state index contributed by atoms with van der Waals surface area (Å²) in [4.78, 5) is 3.76. The lowest BCUT2D eigenvalue weighted by Gasteiger charge is -2.20. The van der Waals surface area contributed by atoms with Gasteiger partial charge in [0.05, 0.1) is 10.7 Å². The number of aliphatic imine (C=N–C) groups is 1. The van der Waals surface area contributed by atoms with E-state index in [9.17, 15) is 4.39 Å². The largest absolute Gasteiger partial charge is 0.484 e. The van der Waals surface area contributed by atoms with Crippen molar-refractivity contribution in [3.8, 4) is 0 Å². The van der Waals surface area contributed by atoms with Crippen molar-refractivity contribution in [3.05, 3.63) is 57.7 Å². The van der Waals surface area contributed by atoms with E-state index < -0.39 is 11.9 Å². The average molecular weight is 352 g/mol. The number of nitrogens with two attached hydrogens (primary N) is 1. The van der Waals surface area contributed by atoms with E-state index in [0.29, 0.717) is 5.56 Å². The molecule has 0 spiro atoms. The van der Waals surface area contributed by atoms with Gasteiger partial charge in [0.15, 0.2) is 0 Å². The summed E-state index contributed by atoms with van der Waals surface area (Å²) >= 11 is 17.8. The lowest BCUT2D eigenvalue weighted by molar-refractivity contribution is 0.139. The number of allylic oxidation sites excluding steroid dienone is 1. The summed E-state index contributed by atoms with van der Waals surface area (Å²) in [5, 5.41) is 0.360. The van der Waals surface area contributed by atoms with Crippen molar-refractivity contribution in [1.82, 2.24) is 0 Å². The zero-order valence-corrected chi connectivity index (χ0v) is 13.7. The first-order valence-electron chi connectivity index (χ1n) is 5.86. The van der Waals surface area contributed by atoms with E-state index in [4.69, 9.17) is 45.3 Å². The van der Waals surface area contributed by atoms with Crippen LogP contribution in [0.4, 0.5) is 4.39 Å². The minimum atomic E-state index is -0.659. The molecule has 0 aliphatic carbocycles. The van der Waals surface area contributed by atoms with Crippen molar-refractivity contribution in [2.75, 3.05) is 7.05 Å². The molecule has 1 unspecified atom stereocenters. The van der Waals surface area contributed by atoms with Crippen LogP contribution in [-0.4, -0.2) is 12.2 Å². The lowest BCUT2D eigenvalue weighted by Crippen LogP contribution is -2.09. The molecule has 0 aromatic heterocycles. The highest BCUT2D eigenvalue weighted by molar-refractivity contribution is 6.68. The van der Waals surface area contributed by atoms with Crippen LogP contribution >= 0.6 is 34.8 Å². The fraction of sp³-hybridized carbons (Fsp3) is 0.214. The summed E-state index contributed by atoms with van der Waals surface area (Å²) in [5.41, 5.74) is 6.09. The second-order valence-corrected chi connectivity index (χ2v) is 5.27. The Bertz CT molecular complexity index is 614. The first-order chi connectivity index (χ1) is 9.77. The number of hydrogen-bond acceptors (Lipinski definition) is 3. The van der Waals surface area contributed by atoms with Crippen molar-refractivity contribution in [2.45, 2.75) is 13.0 Å². The van der Waals surface area contributed by atoms with Crippen LogP contribution in [0.2, 0.25) is 10.0 Å². The second kappa shape index (κ2) is 7.69. The van der Waals surface area contributed by atoms with Crippen LogP contribution < -0.4 is 5.73 Å². The highest BCUT2D eigenvalue weighted by Gasteiger charge is 2.19. The molecule has 1 rings (SSSR count). The van der Waals surface area contributed by atoms with Gasteiger partial charge in [0.1, 0.15) is 22.9 Å². The van der Waals surface area contributed by atoms with Crippen LogP contribution in [0, 0.1) is 5.82 Å². The zero-order valence-electron chi connectivity index (χ0n) is 11.5. The van der Waals surface area contributed by atoms with Gasteiger partial charge < -0.3 is 10.5 Å². The molecule has 2 N–H and O–H groups in total. The Hall–Kier alpha value is -1.23. The van der Waals surface area contributed by atoms with E-state index in [0.717, 1.165) is 0 Å². The molecule has 0 bridgehead atoms. The predicted molar refractivity (Wildman–Crippen MR) is 86.5 cm³/mol. The molecule has 1 aromatic carbocycles. The third-order valence-electron chi connectivity index (χ3n) is 2.57. The van der Waals surface area contributed by atoms with Crippen molar-refractivity contribution in [3.63, 3.8) is 0 Å². The minimum Gasteiger partial charge on any atom is -0.484 e. The van der Waals surface area contributed by atoms with Crippen molar-refractivity contribution >= 4 is 40.0 Å². The first-order valence-corrected chi connectivity index (χ1v) is 7.00. The maximum absolute atomic E-state index is 13.5. The molecule has 114 valence electrons. The lowest BCUT2D eigenvalue weighted by atomic mass is 10.1. The molecule has 0 amide bonds. The summed E-state index contributed by atoms with van der Waals surface area (Å²) < 4.78 is 19.2. The topological polar surface area (TPSA) is 47.6 Å². The monoisotopic (exact) mass is 350 g/mol. The van der Waals surface area contributed by atoms with Gasteiger partial charge in [-0.05, 0) is 19.1 Å². The van der Waals surface area contributed by atoms with Crippen LogP contribution in [0.3, 0.4) is 0 Å². The molecule has 0 heterocycles. The molecule has 0 aliphatic heterocycles. The summed E-state index contributed by atoms with van der Waals surface area (Å²) in [6, 6.07) is 2.58. The van der Waals surface area contributed by atoms with Crippen LogP contribution in [0.25, 0.3) is 0 Å². The fourth-order valence-electron chi connectivity index (χ4n) is 1.54. The third kappa shape index (κ3) is 4.63. The van der Waals surface area contributed by atoms with E-state index in [2.05, 4.69) is 11.6 Å². The Morgan fingerprint density at radius 2 is 2.10 bits per heavy atom. The molecule has 1 aromatic rings. The van der Waals surface area contributed by atoms with Gasteiger partial charge in [0.2, 0.25) is 0 Å². The van der Waals surface area contributed by atoms with Crippen molar-refractivity contribution in [1.29, 1.82) is 0 Å². The Balaban J connectivity index is 3.15. The molecular formula is C14H14Cl3FN2O. The van der Waals surface area contributed by atoms with Crippen LogP contribution in [0.5, 0.6) is 0 Å². The Morgan fingerprint density at radius 3 is 2.62 bits per heavy atom. The quantitative estimate of drug-likeness (QED) is 0.357. The molecule has 0 radical (unpaired) electrons. The number of hydrogen-bond donors (Lipinski definition) is 1. The molecular weight excluding hydrogens is 338 g/mol. The standard InChI is InChI=1S/C14H14Cl3FN2O/c1-7(19)11(6-12(16)20-3)21-8(2)13-9(15)4-5-10(18)14(13)17/h4-6,8H,1,19H2,2-3H3/b11-6+,20-12?. The van der Waals surface area contributed by atoms with E-state index in [1.165, 1.54) is 25.3 Å². The zero-order chi connectivity index (χ0) is 16.2. The Morgan fingerprint density at radius 1 is 1.48 bits per heavy atom. The van der Waals surface area contributed by atoms with E-state index in [-0.39, 0.29) is 26.7 Å². The molecule has 0 saturated carbocycles. The number of benzene rings is 1. The Labute approximate surface area is 137 Å². The average Bonchev–Trinajstić information content (AvgIpc) is 2.42. The maximum Gasteiger partial charge on any atom is 0.145 e. The van der Waals surface area contributed by atoms with Gasteiger partial charge in [-0.15, -0.1) is 0 Å². The van der Waals surface area contributed by atoms with Gasteiger partial charge in [-0.25, -0.2) is 4.39 Å². The van der Waals surface area contributed by atoms with Crippen molar-refractivity contribution in [2.24, 2.45) is 10.7 Å². The fourth-order valence-corrected chi connectivity index (χ4v) is 2.32. The van der Waals surface area contributed by atoms with Gasteiger partial charge in [-0.2, -0.15) is 0 Å². The Kier molecular flexibility index (Phi) is 6.52. The van der Waals surface area contributed by atoms with Crippen LogP contribution in [0.15, 0.2) is 41.2 Å². The van der Waals surface area contributed by atoms with Gasteiger partial charge >= 0.3 is 0 Å². The van der Waals surface area contributed by atoms with E-state index in [1.54, 1.807) is 6.92 Å². The van der Waals surface area contributed by atoms with Crippen molar-refractivity contribution < 1.29 is 9.13 Å².